The molecule has 1 fully saturated rings. The van der Waals surface area contributed by atoms with Crippen molar-refractivity contribution in [3.05, 3.63) is 52.3 Å². The largest absolute Gasteiger partial charge is 0.308 e. The SMILES string of the molecule is CCc1nn(C)c(CNC2CC2c2ccccc2)c1Cl. The van der Waals surface area contributed by atoms with Crippen molar-refractivity contribution in [1.29, 1.82) is 0 Å². The Morgan fingerprint density at radius 1 is 1.35 bits per heavy atom. The molecule has 1 N–H and O–H groups in total. The Hall–Kier alpha value is -1.32. The molecule has 1 heterocycles. The minimum Gasteiger partial charge on any atom is -0.308 e. The lowest BCUT2D eigenvalue weighted by molar-refractivity contribution is 0.613. The van der Waals surface area contributed by atoms with E-state index >= 15 is 0 Å². The van der Waals surface area contributed by atoms with Crippen molar-refractivity contribution in [2.75, 3.05) is 0 Å². The number of nitrogens with one attached hydrogen (secondary N) is 1. The Morgan fingerprint density at radius 2 is 2.10 bits per heavy atom. The lowest BCUT2D eigenvalue weighted by atomic mass is 10.1. The van der Waals surface area contributed by atoms with Crippen molar-refractivity contribution in [2.45, 2.75) is 38.3 Å². The van der Waals surface area contributed by atoms with E-state index in [0.717, 1.165) is 29.4 Å². The van der Waals surface area contributed by atoms with Crippen molar-refractivity contribution in [2.24, 2.45) is 7.05 Å². The molecule has 2 unspecified atom stereocenters. The molecular formula is C16H20ClN3. The molecule has 2 atom stereocenters. The van der Waals surface area contributed by atoms with Gasteiger partial charge >= 0.3 is 0 Å². The highest BCUT2D eigenvalue weighted by Gasteiger charge is 2.37. The van der Waals surface area contributed by atoms with Crippen LogP contribution in [-0.2, 0) is 20.0 Å². The van der Waals surface area contributed by atoms with Gasteiger partial charge < -0.3 is 5.32 Å². The molecule has 2 aromatic rings. The number of nitrogens with zero attached hydrogens (tertiary/aromatic N) is 2. The van der Waals surface area contributed by atoms with Crippen LogP contribution < -0.4 is 5.32 Å². The minimum absolute atomic E-state index is 0.563. The lowest BCUT2D eigenvalue weighted by Crippen LogP contribution is -2.19. The summed E-state index contributed by atoms with van der Waals surface area (Å²) >= 11 is 6.36. The first kappa shape index (κ1) is 13.7. The van der Waals surface area contributed by atoms with Gasteiger partial charge in [-0.05, 0) is 18.4 Å². The monoisotopic (exact) mass is 289 g/mol. The van der Waals surface area contributed by atoms with E-state index in [1.54, 1.807) is 0 Å². The summed E-state index contributed by atoms with van der Waals surface area (Å²) in [6.07, 6.45) is 2.09. The molecule has 1 aromatic heterocycles. The van der Waals surface area contributed by atoms with Crippen molar-refractivity contribution >= 4 is 11.6 Å². The van der Waals surface area contributed by atoms with Crippen LogP contribution in [0.4, 0.5) is 0 Å². The van der Waals surface area contributed by atoms with E-state index in [2.05, 4.69) is 47.7 Å². The molecule has 1 aromatic carbocycles. The van der Waals surface area contributed by atoms with Gasteiger partial charge in [0.1, 0.15) is 0 Å². The summed E-state index contributed by atoms with van der Waals surface area (Å²) in [5, 5.41) is 8.86. The molecule has 3 nitrogen and oxygen atoms in total. The summed E-state index contributed by atoms with van der Waals surface area (Å²) in [7, 11) is 1.96. The second-order valence-corrected chi connectivity index (χ2v) is 5.80. The molecule has 0 spiro atoms. The van der Waals surface area contributed by atoms with Gasteiger partial charge in [0.05, 0.1) is 16.4 Å². The first-order valence-corrected chi connectivity index (χ1v) is 7.57. The van der Waals surface area contributed by atoms with Crippen LogP contribution in [0.5, 0.6) is 0 Å². The molecule has 20 heavy (non-hydrogen) atoms. The van der Waals surface area contributed by atoms with E-state index in [4.69, 9.17) is 11.6 Å². The fraction of sp³-hybridized carbons (Fsp3) is 0.438. The molecule has 1 saturated carbocycles. The second kappa shape index (κ2) is 5.58. The highest BCUT2D eigenvalue weighted by Crippen LogP contribution is 2.40. The molecule has 0 bridgehead atoms. The van der Waals surface area contributed by atoms with Gasteiger partial charge in [-0.25, -0.2) is 0 Å². The number of halogens is 1. The molecule has 1 aliphatic carbocycles. The van der Waals surface area contributed by atoms with Crippen LogP contribution >= 0.6 is 11.6 Å². The van der Waals surface area contributed by atoms with Crippen LogP contribution in [0.1, 0.15) is 36.2 Å². The van der Waals surface area contributed by atoms with Crippen LogP contribution in [0, 0.1) is 0 Å². The van der Waals surface area contributed by atoms with Crippen molar-refractivity contribution < 1.29 is 0 Å². The van der Waals surface area contributed by atoms with E-state index in [9.17, 15) is 0 Å². The van der Waals surface area contributed by atoms with Gasteiger partial charge in [0.15, 0.2) is 0 Å². The third-order valence-electron chi connectivity index (χ3n) is 4.05. The van der Waals surface area contributed by atoms with Gasteiger partial charge in [0, 0.05) is 25.6 Å². The smallest absolute Gasteiger partial charge is 0.0863 e. The van der Waals surface area contributed by atoms with E-state index in [1.165, 1.54) is 12.0 Å². The Balaban J connectivity index is 1.61. The van der Waals surface area contributed by atoms with Crippen LogP contribution in [0.15, 0.2) is 30.3 Å². The van der Waals surface area contributed by atoms with Crippen LogP contribution in [0.3, 0.4) is 0 Å². The molecule has 0 saturated heterocycles. The zero-order valence-electron chi connectivity index (χ0n) is 11.9. The zero-order chi connectivity index (χ0) is 14.1. The number of rotatable bonds is 5. The molecule has 4 heteroatoms. The third-order valence-corrected chi connectivity index (χ3v) is 4.49. The van der Waals surface area contributed by atoms with Gasteiger partial charge in [0.25, 0.3) is 0 Å². The lowest BCUT2D eigenvalue weighted by Gasteiger charge is -2.05. The topological polar surface area (TPSA) is 29.9 Å². The first-order valence-electron chi connectivity index (χ1n) is 7.19. The summed E-state index contributed by atoms with van der Waals surface area (Å²) in [5.74, 6) is 0.647. The summed E-state index contributed by atoms with van der Waals surface area (Å²) in [6.45, 7) is 2.87. The number of benzene rings is 1. The molecule has 0 amide bonds. The maximum Gasteiger partial charge on any atom is 0.0863 e. The summed E-state index contributed by atoms with van der Waals surface area (Å²) in [5.41, 5.74) is 3.50. The van der Waals surface area contributed by atoms with Gasteiger partial charge in [0.2, 0.25) is 0 Å². The molecule has 0 aliphatic heterocycles. The maximum atomic E-state index is 6.36. The molecule has 3 rings (SSSR count). The Kier molecular flexibility index (Phi) is 3.81. The zero-order valence-corrected chi connectivity index (χ0v) is 12.7. The van der Waals surface area contributed by atoms with E-state index < -0.39 is 0 Å². The van der Waals surface area contributed by atoms with E-state index in [1.807, 2.05) is 11.7 Å². The predicted molar refractivity (Wildman–Crippen MR) is 82.0 cm³/mol. The third kappa shape index (κ3) is 2.60. The average molecular weight is 290 g/mol. The quantitative estimate of drug-likeness (QED) is 0.915. The van der Waals surface area contributed by atoms with Gasteiger partial charge in [-0.2, -0.15) is 5.10 Å². The van der Waals surface area contributed by atoms with E-state index in [-0.39, 0.29) is 0 Å². The number of aryl methyl sites for hydroxylation is 2. The Morgan fingerprint density at radius 3 is 2.75 bits per heavy atom. The van der Waals surface area contributed by atoms with Gasteiger partial charge in [-0.3, -0.25) is 4.68 Å². The fourth-order valence-corrected chi connectivity index (χ4v) is 3.09. The van der Waals surface area contributed by atoms with Crippen LogP contribution in [0.25, 0.3) is 0 Å². The Bertz CT molecular complexity index is 591. The maximum absolute atomic E-state index is 6.36. The van der Waals surface area contributed by atoms with Crippen LogP contribution in [0.2, 0.25) is 5.02 Å². The molecule has 106 valence electrons. The number of hydrogen-bond donors (Lipinski definition) is 1. The predicted octanol–water partition coefficient (Wildman–Crippen LogP) is 3.28. The second-order valence-electron chi connectivity index (χ2n) is 5.42. The summed E-state index contributed by atoms with van der Waals surface area (Å²) in [4.78, 5) is 0. The highest BCUT2D eigenvalue weighted by atomic mass is 35.5. The normalized spacial score (nSPS) is 21.1. The first-order chi connectivity index (χ1) is 9.70. The minimum atomic E-state index is 0.563. The standard InChI is InChI=1S/C16H20ClN3/c1-3-13-16(17)15(20(2)19-13)10-18-14-9-12(14)11-7-5-4-6-8-11/h4-8,12,14,18H,3,9-10H2,1-2H3. The van der Waals surface area contributed by atoms with Crippen molar-refractivity contribution in [3.63, 3.8) is 0 Å². The molecule has 0 radical (unpaired) electrons. The van der Waals surface area contributed by atoms with E-state index in [0.29, 0.717) is 12.0 Å². The fourth-order valence-electron chi connectivity index (χ4n) is 2.73. The van der Waals surface area contributed by atoms with Gasteiger partial charge in [-0.1, -0.05) is 48.9 Å². The molecular weight excluding hydrogens is 270 g/mol. The Labute approximate surface area is 124 Å². The summed E-state index contributed by atoms with van der Waals surface area (Å²) in [6, 6.07) is 11.3. The van der Waals surface area contributed by atoms with Gasteiger partial charge in [-0.15, -0.1) is 0 Å². The van der Waals surface area contributed by atoms with Crippen molar-refractivity contribution in [1.82, 2.24) is 15.1 Å². The highest BCUT2D eigenvalue weighted by molar-refractivity contribution is 6.31. The summed E-state index contributed by atoms with van der Waals surface area (Å²) < 4.78 is 1.90. The molecule has 1 aliphatic rings. The average Bonchev–Trinajstić information content (AvgIpc) is 3.19. The number of aromatic nitrogens is 2. The number of hydrogen-bond acceptors (Lipinski definition) is 2. The van der Waals surface area contributed by atoms with Crippen LogP contribution in [-0.4, -0.2) is 15.8 Å². The van der Waals surface area contributed by atoms with Crippen molar-refractivity contribution in [3.8, 4) is 0 Å².